The summed E-state index contributed by atoms with van der Waals surface area (Å²) in [6, 6.07) is 0. The van der Waals surface area contributed by atoms with Crippen LogP contribution >= 0.6 is 0 Å². The zero-order chi connectivity index (χ0) is 28.4. The van der Waals surface area contributed by atoms with Crippen LogP contribution in [0.25, 0.3) is 0 Å². The molecule has 0 bridgehead atoms. The van der Waals surface area contributed by atoms with Crippen LogP contribution in [0.2, 0.25) is 0 Å². The number of carboxylic acid groups (broad SMARTS) is 1. The number of carbonyl (C=O) groups is 2. The first-order chi connectivity index (χ1) is 18.4. The van der Waals surface area contributed by atoms with Crippen LogP contribution in [0.3, 0.4) is 0 Å². The molecule has 4 aliphatic carbocycles. The van der Waals surface area contributed by atoms with E-state index in [1.54, 1.807) is 0 Å². The molecule has 4 saturated carbocycles. The topological polar surface area (TPSA) is 113 Å². The second-order valence-corrected chi connectivity index (χ2v) is 14.6. The highest BCUT2D eigenvalue weighted by Crippen LogP contribution is 2.52. The molecule has 3 N–H and O–H groups in total. The maximum Gasteiger partial charge on any atom is 0.309 e. The second-order valence-electron chi connectivity index (χ2n) is 14.6. The zero-order valence-corrected chi connectivity index (χ0v) is 24.7. The molecule has 7 nitrogen and oxygen atoms in total. The van der Waals surface area contributed by atoms with Gasteiger partial charge in [-0.3, -0.25) is 9.59 Å². The highest BCUT2D eigenvalue weighted by molar-refractivity contribution is 5.71. The molecule has 224 valence electrons. The number of hydrogen-bond acceptors (Lipinski definition) is 6. The fourth-order valence-electron chi connectivity index (χ4n) is 8.92. The number of carboxylic acids is 1. The molecule has 0 aromatic carbocycles. The summed E-state index contributed by atoms with van der Waals surface area (Å²) < 4.78 is 12.2. The predicted octanol–water partition coefficient (Wildman–Crippen LogP) is 5.74. The van der Waals surface area contributed by atoms with Crippen molar-refractivity contribution in [2.75, 3.05) is 0 Å². The van der Waals surface area contributed by atoms with Gasteiger partial charge < -0.3 is 24.8 Å². The van der Waals surface area contributed by atoms with Gasteiger partial charge in [0, 0.05) is 0 Å². The van der Waals surface area contributed by atoms with Gasteiger partial charge in [0.25, 0.3) is 6.47 Å². The molecule has 7 heteroatoms. The molecule has 4 aliphatic rings. The molecule has 6 unspecified atom stereocenters. The molecule has 0 aromatic rings. The van der Waals surface area contributed by atoms with Crippen LogP contribution in [0.4, 0.5) is 0 Å². The third-order valence-electron chi connectivity index (χ3n) is 12.0. The van der Waals surface area contributed by atoms with E-state index in [-0.39, 0.29) is 41.3 Å². The predicted molar refractivity (Wildman–Crippen MR) is 149 cm³/mol. The fraction of sp³-hybridized carbons (Fsp3) is 0.938. The number of carbonyl (C=O) groups excluding carboxylic acids is 1. The number of hydrogen-bond donors (Lipinski definition) is 3. The highest BCUT2D eigenvalue weighted by atomic mass is 16.6. The summed E-state index contributed by atoms with van der Waals surface area (Å²) in [4.78, 5) is 24.0. The molecular weight excluding hydrogens is 496 g/mol. The summed E-state index contributed by atoms with van der Waals surface area (Å²) in [6.07, 6.45) is 10.9. The molecule has 0 saturated heterocycles. The SMILES string of the molecule is CC(C)(C1CCC(O)CC1)C1CCC(OC2CCC(C(C)(C)C3CCC(O)CC3)CC2C(=O)O)C(OC=O)C1. The third-order valence-corrected chi connectivity index (χ3v) is 12.0. The highest BCUT2D eigenvalue weighted by Gasteiger charge is 2.48. The van der Waals surface area contributed by atoms with Crippen molar-refractivity contribution >= 4 is 12.4 Å². The van der Waals surface area contributed by atoms with Crippen molar-refractivity contribution in [2.24, 2.45) is 40.4 Å². The molecule has 0 radical (unpaired) electrons. The molecule has 0 aromatic heterocycles. The van der Waals surface area contributed by atoms with Gasteiger partial charge in [-0.1, -0.05) is 27.7 Å². The van der Waals surface area contributed by atoms with Gasteiger partial charge in [-0.2, -0.15) is 0 Å². The second kappa shape index (κ2) is 12.8. The lowest BCUT2D eigenvalue weighted by molar-refractivity contribution is -0.178. The van der Waals surface area contributed by atoms with Crippen LogP contribution in [-0.4, -0.2) is 58.3 Å². The summed E-state index contributed by atoms with van der Waals surface area (Å²) in [5, 5.41) is 30.2. The Morgan fingerprint density at radius 1 is 0.641 bits per heavy atom. The molecule has 4 rings (SSSR count). The Morgan fingerprint density at radius 3 is 1.54 bits per heavy atom. The van der Waals surface area contributed by atoms with Crippen molar-refractivity contribution < 1.29 is 34.4 Å². The summed E-state index contributed by atoms with van der Waals surface area (Å²) in [5.41, 5.74) is 0.110. The van der Waals surface area contributed by atoms with E-state index in [9.17, 15) is 24.9 Å². The standard InChI is InChI=1S/C32H54O7/c1-31(2,20-5-11-24(34)12-6-20)22-9-15-27(26(17-22)30(36)37)39-28-16-10-23(18-29(28)38-19-33)32(3,4)21-7-13-25(35)14-8-21/h19-29,34-35H,5-18H2,1-4H3,(H,36,37). The van der Waals surface area contributed by atoms with E-state index in [1.807, 2.05) is 0 Å². The van der Waals surface area contributed by atoms with Crippen molar-refractivity contribution in [1.29, 1.82) is 0 Å². The number of rotatable bonds is 9. The Hall–Kier alpha value is -1.18. The van der Waals surface area contributed by atoms with Crippen LogP contribution in [-0.2, 0) is 19.1 Å². The minimum absolute atomic E-state index is 0.0286. The van der Waals surface area contributed by atoms with Crippen LogP contribution in [0.1, 0.15) is 118 Å². The fourth-order valence-corrected chi connectivity index (χ4v) is 8.92. The largest absolute Gasteiger partial charge is 0.481 e. The van der Waals surface area contributed by atoms with E-state index in [2.05, 4.69) is 27.7 Å². The maximum atomic E-state index is 12.5. The summed E-state index contributed by atoms with van der Waals surface area (Å²) >= 11 is 0. The van der Waals surface area contributed by atoms with Gasteiger partial charge >= 0.3 is 5.97 Å². The lowest BCUT2D eigenvalue weighted by Crippen LogP contribution is -2.49. The lowest BCUT2D eigenvalue weighted by Gasteiger charge is -2.49. The Kier molecular flexibility index (Phi) is 10.1. The molecule has 6 atom stereocenters. The lowest BCUT2D eigenvalue weighted by atomic mass is 9.59. The van der Waals surface area contributed by atoms with Gasteiger partial charge in [-0.15, -0.1) is 0 Å². The van der Waals surface area contributed by atoms with Gasteiger partial charge in [0.2, 0.25) is 0 Å². The number of aliphatic hydroxyl groups excluding tert-OH is 2. The van der Waals surface area contributed by atoms with E-state index < -0.39 is 11.9 Å². The molecule has 0 amide bonds. The third kappa shape index (κ3) is 7.01. The first-order valence-corrected chi connectivity index (χ1v) is 15.8. The van der Waals surface area contributed by atoms with Gasteiger partial charge in [0.1, 0.15) is 6.10 Å². The Balaban J connectivity index is 1.39. The monoisotopic (exact) mass is 550 g/mol. The molecular formula is C32H54O7. The first-order valence-electron chi connectivity index (χ1n) is 15.8. The maximum absolute atomic E-state index is 12.5. The van der Waals surface area contributed by atoms with Gasteiger partial charge in [0.05, 0.1) is 30.3 Å². The summed E-state index contributed by atoms with van der Waals surface area (Å²) in [5.74, 6) is 0.408. The molecule has 39 heavy (non-hydrogen) atoms. The molecule has 0 spiro atoms. The van der Waals surface area contributed by atoms with Gasteiger partial charge in [-0.05, 0) is 124 Å². The smallest absolute Gasteiger partial charge is 0.309 e. The first kappa shape index (κ1) is 30.8. The van der Waals surface area contributed by atoms with Gasteiger partial charge in [0.15, 0.2) is 0 Å². The number of ether oxygens (including phenoxy) is 2. The quantitative estimate of drug-likeness (QED) is 0.314. The van der Waals surface area contributed by atoms with Crippen LogP contribution in [0, 0.1) is 40.4 Å². The average molecular weight is 551 g/mol. The Labute approximate surface area is 235 Å². The molecule has 0 heterocycles. The van der Waals surface area contributed by atoms with E-state index in [0.29, 0.717) is 43.0 Å². The summed E-state index contributed by atoms with van der Waals surface area (Å²) in [6.45, 7) is 9.78. The summed E-state index contributed by atoms with van der Waals surface area (Å²) in [7, 11) is 0. The van der Waals surface area contributed by atoms with Crippen molar-refractivity contribution in [3.63, 3.8) is 0 Å². The van der Waals surface area contributed by atoms with Gasteiger partial charge in [-0.25, -0.2) is 0 Å². The van der Waals surface area contributed by atoms with Crippen molar-refractivity contribution in [3.05, 3.63) is 0 Å². The van der Waals surface area contributed by atoms with E-state index >= 15 is 0 Å². The molecule has 4 fully saturated rings. The van der Waals surface area contributed by atoms with E-state index in [4.69, 9.17) is 9.47 Å². The van der Waals surface area contributed by atoms with E-state index in [1.165, 1.54) is 0 Å². The normalized spacial score (nSPS) is 40.6. The van der Waals surface area contributed by atoms with Crippen LogP contribution < -0.4 is 0 Å². The number of aliphatic carboxylic acids is 1. The number of aliphatic hydroxyl groups is 2. The minimum Gasteiger partial charge on any atom is -0.481 e. The van der Waals surface area contributed by atoms with E-state index in [0.717, 1.165) is 77.0 Å². The zero-order valence-electron chi connectivity index (χ0n) is 24.7. The van der Waals surface area contributed by atoms with Crippen molar-refractivity contribution in [1.82, 2.24) is 0 Å². The van der Waals surface area contributed by atoms with Crippen LogP contribution in [0.5, 0.6) is 0 Å². The molecule has 0 aliphatic heterocycles. The average Bonchev–Trinajstić information content (AvgIpc) is 2.90. The Morgan fingerprint density at radius 2 is 1.08 bits per heavy atom. The minimum atomic E-state index is -0.790. The van der Waals surface area contributed by atoms with Crippen molar-refractivity contribution in [2.45, 2.75) is 148 Å². The van der Waals surface area contributed by atoms with Crippen LogP contribution in [0.15, 0.2) is 0 Å². The van der Waals surface area contributed by atoms with Crippen molar-refractivity contribution in [3.8, 4) is 0 Å². The Bertz CT molecular complexity index is 809.